The summed E-state index contributed by atoms with van der Waals surface area (Å²) in [5.41, 5.74) is 1.56. The highest BCUT2D eigenvalue weighted by Gasteiger charge is 2.26. The van der Waals surface area contributed by atoms with E-state index < -0.39 is 10.0 Å². The van der Waals surface area contributed by atoms with Crippen molar-refractivity contribution in [1.82, 2.24) is 4.31 Å². The van der Waals surface area contributed by atoms with Gasteiger partial charge in [-0.15, -0.1) is 0 Å². The van der Waals surface area contributed by atoms with Gasteiger partial charge in [-0.2, -0.15) is 4.31 Å². The van der Waals surface area contributed by atoms with E-state index in [0.29, 0.717) is 16.5 Å². The number of sulfonamides is 1. The van der Waals surface area contributed by atoms with Gasteiger partial charge in [0.25, 0.3) is 0 Å². The third-order valence-corrected chi connectivity index (χ3v) is 7.14. The number of ether oxygens (including phenoxy) is 1. The maximum Gasteiger partial charge on any atom is 0.243 e. The predicted octanol–water partition coefficient (Wildman–Crippen LogP) is 6.08. The molecular formula is C26H23ClN2O4S. The molecule has 0 aliphatic carbocycles. The Bertz CT molecular complexity index is 1350. The van der Waals surface area contributed by atoms with Crippen molar-refractivity contribution in [2.75, 3.05) is 7.11 Å². The summed E-state index contributed by atoms with van der Waals surface area (Å²) in [5, 5.41) is 0.591. The lowest BCUT2D eigenvalue weighted by Crippen LogP contribution is -2.30. The largest absolute Gasteiger partial charge is 0.497 e. The summed E-state index contributed by atoms with van der Waals surface area (Å²) in [6.07, 6.45) is 1.60. The van der Waals surface area contributed by atoms with Crippen LogP contribution in [0.4, 0.5) is 5.69 Å². The lowest BCUT2D eigenvalue weighted by molar-refractivity contribution is 0.357. The molecule has 0 radical (unpaired) electrons. The SMILES string of the molecule is COc1ccc(N=Cc2ccc(CN(Cc3ccc(Cl)cc3)S(=O)(=O)c3ccccc3)o2)cc1. The highest BCUT2D eigenvalue weighted by atomic mass is 35.5. The number of nitrogens with zero attached hydrogens (tertiary/aromatic N) is 2. The molecule has 0 spiro atoms. The highest BCUT2D eigenvalue weighted by Crippen LogP contribution is 2.23. The van der Waals surface area contributed by atoms with Crippen molar-refractivity contribution < 1.29 is 17.6 Å². The molecule has 0 amide bonds. The Kier molecular flexibility index (Phi) is 7.47. The van der Waals surface area contributed by atoms with E-state index in [0.717, 1.165) is 17.0 Å². The van der Waals surface area contributed by atoms with Crippen LogP contribution < -0.4 is 4.74 Å². The maximum atomic E-state index is 13.4. The summed E-state index contributed by atoms with van der Waals surface area (Å²) in [7, 11) is -2.16. The smallest absolute Gasteiger partial charge is 0.243 e. The number of aliphatic imine (C=N–C) groups is 1. The number of rotatable bonds is 9. The van der Waals surface area contributed by atoms with Crippen LogP contribution in [0, 0.1) is 0 Å². The molecule has 0 atom stereocenters. The summed E-state index contributed by atoms with van der Waals surface area (Å²) in [6, 6.07) is 26.3. The zero-order chi connectivity index (χ0) is 24.0. The molecule has 0 aliphatic rings. The fourth-order valence-corrected chi connectivity index (χ4v) is 4.83. The van der Waals surface area contributed by atoms with Crippen LogP contribution in [0.15, 0.2) is 105 Å². The number of methoxy groups -OCH3 is 1. The Labute approximate surface area is 204 Å². The van der Waals surface area contributed by atoms with Crippen LogP contribution in [0.3, 0.4) is 0 Å². The van der Waals surface area contributed by atoms with Gasteiger partial charge >= 0.3 is 0 Å². The Hall–Kier alpha value is -3.39. The van der Waals surface area contributed by atoms with Crippen molar-refractivity contribution >= 4 is 33.5 Å². The fourth-order valence-electron chi connectivity index (χ4n) is 3.29. The van der Waals surface area contributed by atoms with Crippen molar-refractivity contribution in [3.05, 3.63) is 113 Å². The van der Waals surface area contributed by atoms with Gasteiger partial charge in [-0.25, -0.2) is 8.42 Å². The molecule has 4 aromatic rings. The molecule has 3 aromatic carbocycles. The van der Waals surface area contributed by atoms with Crippen LogP contribution >= 0.6 is 11.6 Å². The number of halogens is 1. The summed E-state index contributed by atoms with van der Waals surface area (Å²) in [6.45, 7) is 0.237. The van der Waals surface area contributed by atoms with Crippen molar-refractivity contribution in [1.29, 1.82) is 0 Å². The van der Waals surface area contributed by atoms with Crippen LogP contribution in [0.25, 0.3) is 0 Å². The molecule has 0 aliphatic heterocycles. The number of hydrogen-bond acceptors (Lipinski definition) is 5. The Morgan fingerprint density at radius 1 is 0.912 bits per heavy atom. The Balaban J connectivity index is 1.55. The third-order valence-electron chi connectivity index (χ3n) is 5.08. The molecule has 0 fully saturated rings. The predicted molar refractivity (Wildman–Crippen MR) is 133 cm³/mol. The number of furan rings is 1. The fraction of sp³-hybridized carbons (Fsp3) is 0.115. The normalized spacial score (nSPS) is 11.9. The van der Waals surface area contributed by atoms with Crippen molar-refractivity contribution in [3.63, 3.8) is 0 Å². The van der Waals surface area contributed by atoms with Crippen molar-refractivity contribution in [2.45, 2.75) is 18.0 Å². The molecule has 0 saturated carbocycles. The first-order valence-corrected chi connectivity index (χ1v) is 12.3. The van der Waals surface area contributed by atoms with E-state index in [1.54, 1.807) is 67.9 Å². The van der Waals surface area contributed by atoms with Gasteiger partial charge in [-0.1, -0.05) is 41.9 Å². The second-order valence-corrected chi connectivity index (χ2v) is 9.85. The van der Waals surface area contributed by atoms with Crippen molar-refractivity contribution in [3.8, 4) is 5.75 Å². The Morgan fingerprint density at radius 2 is 1.62 bits per heavy atom. The number of hydrogen-bond donors (Lipinski definition) is 0. The molecular weight excluding hydrogens is 472 g/mol. The van der Waals surface area contributed by atoms with E-state index in [4.69, 9.17) is 20.8 Å². The maximum absolute atomic E-state index is 13.4. The first-order valence-electron chi connectivity index (χ1n) is 10.5. The minimum atomic E-state index is -3.77. The lowest BCUT2D eigenvalue weighted by Gasteiger charge is -2.21. The summed E-state index contributed by atoms with van der Waals surface area (Å²) in [4.78, 5) is 4.62. The molecule has 0 saturated heterocycles. The lowest BCUT2D eigenvalue weighted by atomic mass is 10.2. The summed E-state index contributed by atoms with van der Waals surface area (Å²) in [5.74, 6) is 1.78. The van der Waals surface area contributed by atoms with Crippen LogP contribution in [0.5, 0.6) is 5.75 Å². The molecule has 1 heterocycles. The standard InChI is InChI=1S/C26H23ClN2O4S/c1-32-23-13-11-22(12-14-23)28-17-24-15-16-25(33-24)19-29(18-20-7-9-21(27)10-8-20)34(30,31)26-5-3-2-4-6-26/h2-17H,18-19H2,1H3. The molecule has 0 unspecified atom stereocenters. The molecule has 0 N–H and O–H groups in total. The minimum absolute atomic E-state index is 0.0657. The average molecular weight is 495 g/mol. The summed E-state index contributed by atoms with van der Waals surface area (Å²) >= 11 is 5.99. The number of benzene rings is 3. The monoisotopic (exact) mass is 494 g/mol. The van der Waals surface area contributed by atoms with E-state index in [-0.39, 0.29) is 18.0 Å². The molecule has 6 nitrogen and oxygen atoms in total. The Morgan fingerprint density at radius 3 is 2.29 bits per heavy atom. The minimum Gasteiger partial charge on any atom is -0.497 e. The third kappa shape index (κ3) is 5.94. The molecule has 4 rings (SSSR count). The van der Waals surface area contributed by atoms with E-state index >= 15 is 0 Å². The van der Waals surface area contributed by atoms with Gasteiger partial charge in [0.1, 0.15) is 17.3 Å². The van der Waals surface area contributed by atoms with Gasteiger partial charge in [0.15, 0.2) is 0 Å². The van der Waals surface area contributed by atoms with Crippen LogP contribution in [-0.4, -0.2) is 26.0 Å². The van der Waals surface area contributed by atoms with Crippen molar-refractivity contribution in [2.24, 2.45) is 4.99 Å². The molecule has 34 heavy (non-hydrogen) atoms. The van der Waals surface area contributed by atoms with Gasteiger partial charge in [-0.05, 0) is 66.2 Å². The van der Waals surface area contributed by atoms with Crippen LogP contribution in [0.2, 0.25) is 5.02 Å². The average Bonchev–Trinajstić information content (AvgIpc) is 3.32. The first kappa shape index (κ1) is 23.8. The van der Waals surface area contributed by atoms with E-state index in [2.05, 4.69) is 4.99 Å². The molecule has 8 heteroatoms. The van der Waals surface area contributed by atoms with Crippen LogP contribution in [0.1, 0.15) is 17.1 Å². The van der Waals surface area contributed by atoms with Gasteiger partial charge in [0, 0.05) is 11.6 Å². The highest BCUT2D eigenvalue weighted by molar-refractivity contribution is 7.89. The zero-order valence-electron chi connectivity index (χ0n) is 18.5. The van der Waals surface area contributed by atoms with E-state index in [9.17, 15) is 8.42 Å². The van der Waals surface area contributed by atoms with Crippen LogP contribution in [-0.2, 0) is 23.1 Å². The van der Waals surface area contributed by atoms with Gasteiger partial charge in [-0.3, -0.25) is 4.99 Å². The van der Waals surface area contributed by atoms with Gasteiger partial charge in [0.2, 0.25) is 10.0 Å². The molecule has 0 bridgehead atoms. The second-order valence-electron chi connectivity index (χ2n) is 7.47. The topological polar surface area (TPSA) is 72.1 Å². The summed E-state index contributed by atoms with van der Waals surface area (Å²) < 4.78 is 39.2. The first-order chi connectivity index (χ1) is 16.4. The molecule has 174 valence electrons. The quantitative estimate of drug-likeness (QED) is 0.264. The molecule has 1 aromatic heterocycles. The van der Waals surface area contributed by atoms with E-state index in [1.807, 2.05) is 36.4 Å². The second kappa shape index (κ2) is 10.7. The van der Waals surface area contributed by atoms with Gasteiger partial charge < -0.3 is 9.15 Å². The van der Waals surface area contributed by atoms with Gasteiger partial charge in [0.05, 0.1) is 30.5 Å². The zero-order valence-corrected chi connectivity index (χ0v) is 20.0. The van der Waals surface area contributed by atoms with E-state index in [1.165, 1.54) is 4.31 Å².